The molecule has 6 nitrogen and oxygen atoms in total. The molecule has 1 heterocycles. The molecular formula is C19H27F2N3O3. The largest absolute Gasteiger partial charge is 0.444 e. The van der Waals surface area contributed by atoms with Crippen molar-refractivity contribution in [3.8, 4) is 0 Å². The lowest BCUT2D eigenvalue weighted by Crippen LogP contribution is -2.56. The number of hydrogen-bond acceptors (Lipinski definition) is 4. The number of rotatable bonds is 3. The van der Waals surface area contributed by atoms with Gasteiger partial charge in [0.05, 0.1) is 0 Å². The average molecular weight is 383 g/mol. The number of piperidine rings is 1. The first kappa shape index (κ1) is 21.1. The number of halogens is 2. The Hall–Kier alpha value is -2.22. The van der Waals surface area contributed by atoms with Crippen LogP contribution in [0, 0.1) is 11.6 Å². The maximum atomic E-state index is 13.6. The van der Waals surface area contributed by atoms with Crippen molar-refractivity contribution in [1.82, 2.24) is 10.2 Å². The molecule has 8 heteroatoms. The molecule has 0 aliphatic carbocycles. The van der Waals surface area contributed by atoms with Gasteiger partial charge in [-0.1, -0.05) is 6.07 Å². The molecule has 1 unspecified atom stereocenters. The third-order valence-electron chi connectivity index (χ3n) is 4.59. The van der Waals surface area contributed by atoms with Crippen molar-refractivity contribution >= 4 is 12.0 Å². The summed E-state index contributed by atoms with van der Waals surface area (Å²) in [5.74, 6) is -2.42. The van der Waals surface area contributed by atoms with E-state index in [-0.39, 0.29) is 24.8 Å². The van der Waals surface area contributed by atoms with Crippen molar-refractivity contribution in [1.29, 1.82) is 0 Å². The number of carbonyl (C=O) groups is 2. The van der Waals surface area contributed by atoms with Gasteiger partial charge >= 0.3 is 6.09 Å². The van der Waals surface area contributed by atoms with Crippen LogP contribution in [0.2, 0.25) is 0 Å². The second-order valence-corrected chi connectivity index (χ2v) is 7.84. The topological polar surface area (TPSA) is 84.7 Å². The predicted octanol–water partition coefficient (Wildman–Crippen LogP) is 2.52. The molecule has 0 saturated carbocycles. The van der Waals surface area contributed by atoms with Gasteiger partial charge in [0, 0.05) is 38.0 Å². The minimum Gasteiger partial charge on any atom is -0.444 e. The maximum Gasteiger partial charge on any atom is 0.410 e. The van der Waals surface area contributed by atoms with E-state index in [9.17, 15) is 18.4 Å². The predicted molar refractivity (Wildman–Crippen MR) is 97.1 cm³/mol. The van der Waals surface area contributed by atoms with E-state index in [0.717, 1.165) is 12.1 Å². The Labute approximate surface area is 158 Å². The summed E-state index contributed by atoms with van der Waals surface area (Å²) in [5.41, 5.74) is 6.11. The van der Waals surface area contributed by atoms with Gasteiger partial charge in [-0.05, 0) is 44.9 Å². The molecule has 1 aromatic carbocycles. The van der Waals surface area contributed by atoms with Crippen molar-refractivity contribution in [2.45, 2.75) is 57.2 Å². The molecule has 150 valence electrons. The Morgan fingerprint density at radius 1 is 1.30 bits per heavy atom. The first-order valence-electron chi connectivity index (χ1n) is 8.92. The second-order valence-electron chi connectivity index (χ2n) is 7.84. The number of benzene rings is 1. The Bertz CT molecular complexity index is 706. The van der Waals surface area contributed by atoms with Crippen molar-refractivity contribution in [2.75, 3.05) is 13.6 Å². The summed E-state index contributed by atoms with van der Waals surface area (Å²) in [6.07, 6.45) is -0.128. The van der Waals surface area contributed by atoms with Crippen LogP contribution >= 0.6 is 0 Å². The van der Waals surface area contributed by atoms with E-state index in [1.165, 1.54) is 18.0 Å². The van der Waals surface area contributed by atoms with E-state index < -0.39 is 35.4 Å². The Kier molecular flexibility index (Phi) is 6.41. The van der Waals surface area contributed by atoms with Crippen LogP contribution in [0.25, 0.3) is 0 Å². The molecule has 0 bridgehead atoms. The minimum atomic E-state index is -0.947. The normalized spacial score (nSPS) is 23.1. The van der Waals surface area contributed by atoms with Crippen LogP contribution in [-0.2, 0) is 9.53 Å². The highest BCUT2D eigenvalue weighted by atomic mass is 19.2. The highest BCUT2D eigenvalue weighted by Crippen LogP contribution is 2.33. The molecule has 3 N–H and O–H groups in total. The fourth-order valence-corrected chi connectivity index (χ4v) is 3.28. The summed E-state index contributed by atoms with van der Waals surface area (Å²) in [6, 6.07) is 2.72. The summed E-state index contributed by atoms with van der Waals surface area (Å²) >= 11 is 0. The quantitative estimate of drug-likeness (QED) is 0.840. The molecule has 3 atom stereocenters. The van der Waals surface area contributed by atoms with Gasteiger partial charge in [0.1, 0.15) is 5.60 Å². The number of hydrogen-bond donors (Lipinski definition) is 2. The number of nitrogens with two attached hydrogens (primary N) is 1. The summed E-state index contributed by atoms with van der Waals surface area (Å²) in [6.45, 7) is 5.42. The summed E-state index contributed by atoms with van der Waals surface area (Å²) in [5, 5.41) is 2.54. The fourth-order valence-electron chi connectivity index (χ4n) is 3.28. The second kappa shape index (κ2) is 8.21. The van der Waals surface area contributed by atoms with E-state index >= 15 is 0 Å². The number of carbonyl (C=O) groups excluding carboxylic acids is 2. The first-order chi connectivity index (χ1) is 12.5. The molecule has 1 aliphatic rings. The standard InChI is InChI=1S/C19H27F2N3O3/c1-19(2,3)27-18(26)24-10-16(22)13(8-12(24)9-17(25)23-4)11-5-6-14(20)15(21)7-11/h5-7,12-13,16H,8-10,22H2,1-4H3,(H,23,25)/t12?,13-,16+/m0/s1. The highest BCUT2D eigenvalue weighted by molar-refractivity contribution is 5.77. The Balaban J connectivity index is 2.27. The van der Waals surface area contributed by atoms with Crippen molar-refractivity contribution < 1.29 is 23.1 Å². The van der Waals surface area contributed by atoms with Crippen LogP contribution in [0.4, 0.5) is 13.6 Å². The number of nitrogens with zero attached hydrogens (tertiary/aromatic N) is 1. The van der Waals surface area contributed by atoms with Crippen LogP contribution in [-0.4, -0.2) is 48.2 Å². The summed E-state index contributed by atoms with van der Waals surface area (Å²) in [7, 11) is 1.52. The summed E-state index contributed by atoms with van der Waals surface area (Å²) < 4.78 is 32.3. The molecule has 0 spiro atoms. The molecule has 1 saturated heterocycles. The van der Waals surface area contributed by atoms with Crippen LogP contribution in [0.15, 0.2) is 18.2 Å². The van der Waals surface area contributed by atoms with Gasteiger partial charge in [0.25, 0.3) is 0 Å². The third-order valence-corrected chi connectivity index (χ3v) is 4.59. The zero-order valence-corrected chi connectivity index (χ0v) is 16.1. The Morgan fingerprint density at radius 2 is 1.96 bits per heavy atom. The van der Waals surface area contributed by atoms with Crippen LogP contribution in [0.5, 0.6) is 0 Å². The smallest absolute Gasteiger partial charge is 0.410 e. The number of ether oxygens (including phenoxy) is 1. The highest BCUT2D eigenvalue weighted by Gasteiger charge is 2.39. The van der Waals surface area contributed by atoms with Crippen LogP contribution in [0.1, 0.15) is 45.1 Å². The molecule has 1 fully saturated rings. The number of likely N-dealkylation sites (tertiary alicyclic amines) is 1. The molecule has 0 radical (unpaired) electrons. The third kappa shape index (κ3) is 5.38. The molecule has 0 aromatic heterocycles. The zero-order valence-electron chi connectivity index (χ0n) is 16.1. The van der Waals surface area contributed by atoms with E-state index in [0.29, 0.717) is 12.0 Å². The SMILES string of the molecule is CNC(=O)CC1C[C@@H](c2ccc(F)c(F)c2)[C@H](N)CN1C(=O)OC(C)(C)C. The van der Waals surface area contributed by atoms with Gasteiger partial charge in [-0.15, -0.1) is 0 Å². The lowest BCUT2D eigenvalue weighted by molar-refractivity contribution is -0.122. The van der Waals surface area contributed by atoms with Crippen molar-refractivity contribution in [3.63, 3.8) is 0 Å². The summed E-state index contributed by atoms with van der Waals surface area (Å²) in [4.78, 5) is 26.0. The van der Waals surface area contributed by atoms with Crippen LogP contribution in [0.3, 0.4) is 0 Å². The molecule has 2 amide bonds. The Morgan fingerprint density at radius 3 is 2.52 bits per heavy atom. The molecule has 2 rings (SSSR count). The van der Waals surface area contributed by atoms with Gasteiger partial charge in [0.15, 0.2) is 11.6 Å². The van der Waals surface area contributed by atoms with Gasteiger partial charge in [0.2, 0.25) is 5.91 Å². The van der Waals surface area contributed by atoms with E-state index in [2.05, 4.69) is 5.32 Å². The van der Waals surface area contributed by atoms with Gasteiger partial charge in [-0.3, -0.25) is 4.79 Å². The van der Waals surface area contributed by atoms with Gasteiger partial charge in [-0.2, -0.15) is 0 Å². The van der Waals surface area contributed by atoms with Gasteiger partial charge in [-0.25, -0.2) is 13.6 Å². The first-order valence-corrected chi connectivity index (χ1v) is 8.92. The number of amides is 2. The molecule has 1 aliphatic heterocycles. The molecule has 1 aromatic rings. The van der Waals surface area contributed by atoms with Crippen molar-refractivity contribution in [2.24, 2.45) is 5.73 Å². The van der Waals surface area contributed by atoms with E-state index in [4.69, 9.17) is 10.5 Å². The van der Waals surface area contributed by atoms with Crippen LogP contribution < -0.4 is 11.1 Å². The van der Waals surface area contributed by atoms with Crippen molar-refractivity contribution in [3.05, 3.63) is 35.4 Å². The maximum absolute atomic E-state index is 13.6. The fraction of sp³-hybridized carbons (Fsp3) is 0.579. The average Bonchev–Trinajstić information content (AvgIpc) is 2.57. The minimum absolute atomic E-state index is 0.0721. The zero-order chi connectivity index (χ0) is 20.4. The van der Waals surface area contributed by atoms with Gasteiger partial charge < -0.3 is 20.7 Å². The lowest BCUT2D eigenvalue weighted by Gasteiger charge is -2.43. The monoisotopic (exact) mass is 383 g/mol. The van der Waals surface area contributed by atoms with E-state index in [1.54, 1.807) is 20.8 Å². The molecular weight excluding hydrogens is 356 g/mol. The molecule has 27 heavy (non-hydrogen) atoms. The number of nitrogens with one attached hydrogen (secondary N) is 1. The lowest BCUT2D eigenvalue weighted by atomic mass is 9.81. The van der Waals surface area contributed by atoms with E-state index in [1.807, 2.05) is 0 Å².